The molecule has 0 saturated carbocycles. The average Bonchev–Trinajstić information content (AvgIpc) is 2.78. The molecule has 0 unspecified atom stereocenters. The summed E-state index contributed by atoms with van der Waals surface area (Å²) < 4.78 is 64.6. The summed E-state index contributed by atoms with van der Waals surface area (Å²) in [5, 5.41) is 10.6. The lowest BCUT2D eigenvalue weighted by atomic mass is 10.1. The minimum atomic E-state index is -5.08. The Kier molecular flexibility index (Phi) is 12.2. The van der Waals surface area contributed by atoms with Crippen LogP contribution in [-0.2, 0) is 19.6 Å². The normalized spacial score (nSPS) is 14.5. The van der Waals surface area contributed by atoms with Crippen LogP contribution in [0.5, 0.6) is 5.75 Å². The van der Waals surface area contributed by atoms with E-state index in [0.29, 0.717) is 37.7 Å². The van der Waals surface area contributed by atoms with Crippen LogP contribution in [0.1, 0.15) is 26.7 Å². The Labute approximate surface area is 208 Å². The Balaban J connectivity index is 0.000000762. The topological polar surface area (TPSA) is 116 Å². The summed E-state index contributed by atoms with van der Waals surface area (Å²) in [7, 11) is -2.28. The maximum atomic E-state index is 13.2. The van der Waals surface area contributed by atoms with E-state index < -0.39 is 22.2 Å². The van der Waals surface area contributed by atoms with Crippen LogP contribution in [-0.4, -0.2) is 87.2 Å². The van der Waals surface area contributed by atoms with Gasteiger partial charge in [0.25, 0.3) is 0 Å². The maximum Gasteiger partial charge on any atom is 0.490 e. The molecule has 2 N–H and O–H groups in total. The lowest BCUT2D eigenvalue weighted by molar-refractivity contribution is -0.192. The van der Waals surface area contributed by atoms with Crippen molar-refractivity contribution in [1.82, 2.24) is 14.5 Å². The van der Waals surface area contributed by atoms with Gasteiger partial charge in [-0.1, -0.05) is 25.4 Å². The van der Waals surface area contributed by atoms with E-state index in [4.69, 9.17) is 26.2 Å². The number of methoxy groups -OCH3 is 1. The van der Waals surface area contributed by atoms with Gasteiger partial charge in [-0.15, -0.1) is 0 Å². The van der Waals surface area contributed by atoms with E-state index in [1.807, 2.05) is 13.8 Å². The molecule has 1 aliphatic rings. The minimum absolute atomic E-state index is 0.0148. The van der Waals surface area contributed by atoms with Gasteiger partial charge in [0.1, 0.15) is 5.75 Å². The van der Waals surface area contributed by atoms with Crippen LogP contribution in [0.3, 0.4) is 0 Å². The zero-order valence-corrected chi connectivity index (χ0v) is 21.3. The SMILES string of the molecule is COc1ccc(S(=O)(=O)N(CCC(=O)N2CCNCC2)CCC(C)C)cc1Cl.O=C(O)C(F)(F)F. The van der Waals surface area contributed by atoms with Crippen LogP contribution in [0.4, 0.5) is 13.2 Å². The van der Waals surface area contributed by atoms with E-state index in [0.717, 1.165) is 13.1 Å². The highest BCUT2D eigenvalue weighted by molar-refractivity contribution is 7.89. The van der Waals surface area contributed by atoms with Gasteiger partial charge in [-0.3, -0.25) is 4.79 Å². The monoisotopic (exact) mass is 545 g/mol. The molecule has 1 aromatic carbocycles. The fourth-order valence-corrected chi connectivity index (χ4v) is 4.81. The number of carbonyl (C=O) groups is 2. The van der Waals surface area contributed by atoms with Gasteiger partial charge in [-0.25, -0.2) is 13.2 Å². The number of aliphatic carboxylic acids is 1. The van der Waals surface area contributed by atoms with Gasteiger partial charge in [0, 0.05) is 45.7 Å². The number of nitrogens with one attached hydrogen (secondary N) is 1. The smallest absolute Gasteiger partial charge is 0.490 e. The number of piperazine rings is 1. The average molecular weight is 546 g/mol. The Morgan fingerprint density at radius 1 is 1.23 bits per heavy atom. The first-order valence-electron chi connectivity index (χ1n) is 10.8. The zero-order chi connectivity index (χ0) is 26.8. The Bertz CT molecular complexity index is 954. The summed E-state index contributed by atoms with van der Waals surface area (Å²) in [4.78, 5) is 23.3. The fourth-order valence-electron chi connectivity index (χ4n) is 3.00. The molecule has 0 aromatic heterocycles. The van der Waals surface area contributed by atoms with E-state index in [2.05, 4.69) is 5.32 Å². The number of rotatable bonds is 9. The first-order valence-corrected chi connectivity index (χ1v) is 12.6. The molecular formula is C21H31ClF3N3O6S. The first kappa shape index (κ1) is 30.9. The van der Waals surface area contributed by atoms with Crippen molar-refractivity contribution >= 4 is 33.5 Å². The number of ether oxygens (including phenoxy) is 1. The van der Waals surface area contributed by atoms with Gasteiger partial charge in [-0.05, 0) is 30.5 Å². The van der Waals surface area contributed by atoms with Gasteiger partial charge >= 0.3 is 12.1 Å². The molecule has 200 valence electrons. The lowest BCUT2D eigenvalue weighted by Crippen LogP contribution is -2.47. The van der Waals surface area contributed by atoms with Crippen LogP contribution in [0.15, 0.2) is 23.1 Å². The van der Waals surface area contributed by atoms with E-state index in [1.54, 1.807) is 11.0 Å². The summed E-state index contributed by atoms with van der Waals surface area (Å²) in [6.07, 6.45) is -4.20. The largest absolute Gasteiger partial charge is 0.495 e. The molecule has 0 aliphatic carbocycles. The number of carbonyl (C=O) groups excluding carboxylic acids is 1. The van der Waals surface area contributed by atoms with Crippen molar-refractivity contribution < 1.29 is 41.0 Å². The van der Waals surface area contributed by atoms with Gasteiger partial charge in [0.2, 0.25) is 15.9 Å². The molecule has 1 aromatic rings. The number of carboxylic acid groups (broad SMARTS) is 1. The molecule has 14 heteroatoms. The van der Waals surface area contributed by atoms with Crippen molar-refractivity contribution in [3.63, 3.8) is 0 Å². The third kappa shape index (κ3) is 10.2. The molecule has 1 aliphatic heterocycles. The van der Waals surface area contributed by atoms with E-state index >= 15 is 0 Å². The van der Waals surface area contributed by atoms with Crippen LogP contribution < -0.4 is 10.1 Å². The van der Waals surface area contributed by atoms with Crippen LogP contribution in [0, 0.1) is 5.92 Å². The van der Waals surface area contributed by atoms with E-state index in [1.165, 1.54) is 23.5 Å². The number of halogens is 4. The molecule has 1 amide bonds. The Hall–Kier alpha value is -2.09. The second-order valence-electron chi connectivity index (χ2n) is 8.07. The number of sulfonamides is 1. The highest BCUT2D eigenvalue weighted by atomic mass is 35.5. The molecule has 1 heterocycles. The van der Waals surface area contributed by atoms with Crippen LogP contribution >= 0.6 is 11.6 Å². The molecule has 0 bridgehead atoms. The van der Waals surface area contributed by atoms with Gasteiger partial charge in [0.15, 0.2) is 0 Å². The van der Waals surface area contributed by atoms with Crippen molar-refractivity contribution in [1.29, 1.82) is 0 Å². The molecule has 0 radical (unpaired) electrons. The highest BCUT2D eigenvalue weighted by Crippen LogP contribution is 2.28. The Morgan fingerprint density at radius 2 is 1.80 bits per heavy atom. The van der Waals surface area contributed by atoms with Gasteiger partial charge in [-0.2, -0.15) is 17.5 Å². The Morgan fingerprint density at radius 3 is 2.26 bits per heavy atom. The highest BCUT2D eigenvalue weighted by Gasteiger charge is 2.38. The van der Waals surface area contributed by atoms with Crippen LogP contribution in [0.25, 0.3) is 0 Å². The number of hydrogen-bond donors (Lipinski definition) is 2. The standard InChI is InChI=1S/C19H30ClN3O4S.C2HF3O2/c1-15(2)6-10-23(11-7-19(24)22-12-8-21-9-13-22)28(25,26)16-4-5-18(27-3)17(20)14-16;3-2(4,5)1(6)7/h4-5,14-15,21H,6-13H2,1-3H3;(H,6,7). The predicted octanol–water partition coefficient (Wildman–Crippen LogP) is 2.84. The number of carboxylic acids is 1. The number of benzene rings is 1. The summed E-state index contributed by atoms with van der Waals surface area (Å²) in [5.41, 5.74) is 0. The second kappa shape index (κ2) is 13.9. The zero-order valence-electron chi connectivity index (χ0n) is 19.8. The van der Waals surface area contributed by atoms with Crippen LogP contribution in [0.2, 0.25) is 5.02 Å². The molecule has 0 atom stereocenters. The van der Waals surface area contributed by atoms with E-state index in [9.17, 15) is 26.4 Å². The van der Waals surface area contributed by atoms with E-state index in [-0.39, 0.29) is 28.8 Å². The number of hydrogen-bond acceptors (Lipinski definition) is 6. The van der Waals surface area contributed by atoms with Crippen molar-refractivity contribution in [3.05, 3.63) is 23.2 Å². The number of alkyl halides is 3. The van der Waals surface area contributed by atoms with Crippen molar-refractivity contribution in [2.75, 3.05) is 46.4 Å². The summed E-state index contributed by atoms with van der Waals surface area (Å²) in [6.45, 7) is 7.45. The first-order chi connectivity index (χ1) is 16.2. The van der Waals surface area contributed by atoms with Gasteiger partial charge < -0.3 is 20.1 Å². The second-order valence-corrected chi connectivity index (χ2v) is 10.4. The number of nitrogens with zero attached hydrogens (tertiary/aromatic N) is 2. The van der Waals surface area contributed by atoms with Crippen molar-refractivity contribution in [3.8, 4) is 5.75 Å². The molecule has 2 rings (SSSR count). The molecular weight excluding hydrogens is 515 g/mol. The van der Waals surface area contributed by atoms with Crippen molar-refractivity contribution in [2.24, 2.45) is 5.92 Å². The number of amides is 1. The molecule has 35 heavy (non-hydrogen) atoms. The predicted molar refractivity (Wildman–Crippen MR) is 124 cm³/mol. The molecule has 1 fully saturated rings. The molecule has 9 nitrogen and oxygen atoms in total. The maximum absolute atomic E-state index is 13.2. The third-order valence-corrected chi connectivity index (χ3v) is 7.19. The van der Waals surface area contributed by atoms with Gasteiger partial charge in [0.05, 0.1) is 17.0 Å². The van der Waals surface area contributed by atoms with Crippen molar-refractivity contribution in [2.45, 2.75) is 37.8 Å². The summed E-state index contributed by atoms with van der Waals surface area (Å²) >= 11 is 6.12. The minimum Gasteiger partial charge on any atom is -0.495 e. The summed E-state index contributed by atoms with van der Waals surface area (Å²) in [6, 6.07) is 4.43. The molecule has 1 saturated heterocycles. The fraction of sp³-hybridized carbons (Fsp3) is 0.619. The third-order valence-electron chi connectivity index (χ3n) is 5.00. The molecule has 0 spiro atoms. The lowest BCUT2D eigenvalue weighted by Gasteiger charge is -2.29. The quantitative estimate of drug-likeness (QED) is 0.490. The summed E-state index contributed by atoms with van der Waals surface area (Å²) in [5.74, 6) is -2.00.